The number of nitrogens with one attached hydrogen (secondary N) is 1. The van der Waals surface area contributed by atoms with Crippen LogP contribution in [-0.2, 0) is 0 Å². The number of aryl methyl sites for hydroxylation is 1. The van der Waals surface area contributed by atoms with Crippen molar-refractivity contribution in [2.24, 2.45) is 5.84 Å². The highest BCUT2D eigenvalue weighted by Crippen LogP contribution is 2.15. The molecular formula is C12H17N3. The van der Waals surface area contributed by atoms with Gasteiger partial charge in [0.25, 0.3) is 0 Å². The van der Waals surface area contributed by atoms with E-state index < -0.39 is 0 Å². The zero-order valence-corrected chi connectivity index (χ0v) is 9.25. The van der Waals surface area contributed by atoms with Crippen molar-refractivity contribution in [3.63, 3.8) is 0 Å². The van der Waals surface area contributed by atoms with E-state index in [1.165, 1.54) is 0 Å². The third kappa shape index (κ3) is 3.70. The summed E-state index contributed by atoms with van der Waals surface area (Å²) >= 11 is 0. The molecule has 1 aromatic rings. The number of hydrazine groups is 1. The van der Waals surface area contributed by atoms with Gasteiger partial charge in [-0.2, -0.15) is 0 Å². The first-order valence-corrected chi connectivity index (χ1v) is 5.07. The summed E-state index contributed by atoms with van der Waals surface area (Å²) in [6.07, 6.45) is 1.72. The second-order valence-corrected chi connectivity index (χ2v) is 3.39. The van der Waals surface area contributed by atoms with Gasteiger partial charge in [0.05, 0.1) is 11.7 Å². The van der Waals surface area contributed by atoms with Gasteiger partial charge in [0, 0.05) is 12.1 Å². The van der Waals surface area contributed by atoms with Crippen LogP contribution < -0.4 is 11.3 Å². The van der Waals surface area contributed by atoms with Crippen molar-refractivity contribution < 1.29 is 0 Å². The van der Waals surface area contributed by atoms with Crippen LogP contribution in [0.25, 0.3) is 0 Å². The van der Waals surface area contributed by atoms with E-state index >= 15 is 0 Å². The quantitative estimate of drug-likeness (QED) is 0.445. The molecule has 1 atom stereocenters. The number of nitrogens with zero attached hydrogens (tertiary/aromatic N) is 1. The molecule has 80 valence electrons. The molecule has 0 fully saturated rings. The fraction of sp³-hybridized carbons (Fsp3) is 0.417. The van der Waals surface area contributed by atoms with Crippen molar-refractivity contribution in [1.29, 1.82) is 0 Å². The Labute approximate surface area is 91.1 Å². The smallest absolute Gasteiger partial charge is 0.0641 e. The van der Waals surface area contributed by atoms with Crippen molar-refractivity contribution in [2.75, 3.05) is 0 Å². The number of aromatic nitrogens is 1. The highest BCUT2D eigenvalue weighted by Gasteiger charge is 2.09. The Kier molecular flexibility index (Phi) is 4.82. The average molecular weight is 203 g/mol. The molecule has 1 heterocycles. The maximum absolute atomic E-state index is 5.50. The molecule has 0 aliphatic rings. The molecule has 0 aliphatic heterocycles. The summed E-state index contributed by atoms with van der Waals surface area (Å²) in [5.41, 5.74) is 4.76. The van der Waals surface area contributed by atoms with Crippen molar-refractivity contribution in [3.8, 4) is 11.8 Å². The van der Waals surface area contributed by atoms with Gasteiger partial charge in [-0.1, -0.05) is 6.07 Å². The van der Waals surface area contributed by atoms with Crippen LogP contribution in [0.3, 0.4) is 0 Å². The van der Waals surface area contributed by atoms with Crippen molar-refractivity contribution in [3.05, 3.63) is 29.6 Å². The normalized spacial score (nSPS) is 11.7. The minimum Gasteiger partial charge on any atom is -0.271 e. The van der Waals surface area contributed by atoms with E-state index in [9.17, 15) is 0 Å². The molecule has 15 heavy (non-hydrogen) atoms. The average Bonchev–Trinajstić information content (AvgIpc) is 2.24. The molecule has 0 radical (unpaired) electrons. The summed E-state index contributed by atoms with van der Waals surface area (Å²) in [7, 11) is 0. The number of nitrogens with two attached hydrogens (primary N) is 1. The lowest BCUT2D eigenvalue weighted by Gasteiger charge is -2.14. The molecule has 0 aromatic carbocycles. The van der Waals surface area contributed by atoms with E-state index in [1.54, 1.807) is 0 Å². The Hall–Kier alpha value is -1.37. The third-order valence-electron chi connectivity index (χ3n) is 2.20. The van der Waals surface area contributed by atoms with Gasteiger partial charge in [-0.05, 0) is 32.4 Å². The third-order valence-corrected chi connectivity index (χ3v) is 2.20. The minimum atomic E-state index is 0.0887. The van der Waals surface area contributed by atoms with Gasteiger partial charge in [0.2, 0.25) is 0 Å². The van der Waals surface area contributed by atoms with Gasteiger partial charge in [-0.25, -0.2) is 0 Å². The summed E-state index contributed by atoms with van der Waals surface area (Å²) in [5, 5.41) is 0. The van der Waals surface area contributed by atoms with E-state index in [0.717, 1.165) is 24.2 Å². The number of hydrogen-bond acceptors (Lipinski definition) is 3. The highest BCUT2D eigenvalue weighted by atomic mass is 15.2. The van der Waals surface area contributed by atoms with Crippen molar-refractivity contribution >= 4 is 0 Å². The van der Waals surface area contributed by atoms with E-state index in [4.69, 9.17) is 5.84 Å². The summed E-state index contributed by atoms with van der Waals surface area (Å²) in [4.78, 5) is 4.43. The summed E-state index contributed by atoms with van der Waals surface area (Å²) in [6, 6.07) is 6.04. The molecule has 0 amide bonds. The standard InChI is InChI=1S/C12H17N3/c1-3-4-5-8-12(15-13)11-9-6-7-10(2)14-11/h6-7,9,12,15H,5,8,13H2,1-2H3. The zero-order valence-electron chi connectivity index (χ0n) is 9.25. The SMILES string of the molecule is CC#CCCC(NN)c1cccc(C)n1. The second kappa shape index (κ2) is 6.18. The van der Waals surface area contributed by atoms with Gasteiger partial charge >= 0.3 is 0 Å². The molecule has 1 unspecified atom stereocenters. The Morgan fingerprint density at radius 1 is 1.53 bits per heavy atom. The molecule has 1 rings (SSSR count). The van der Waals surface area contributed by atoms with Crippen LogP contribution in [0, 0.1) is 18.8 Å². The molecule has 0 saturated heterocycles. The fourth-order valence-electron chi connectivity index (χ4n) is 1.42. The van der Waals surface area contributed by atoms with E-state index in [1.807, 2.05) is 32.0 Å². The van der Waals surface area contributed by atoms with Crippen LogP contribution in [0.4, 0.5) is 0 Å². The molecule has 0 bridgehead atoms. The summed E-state index contributed by atoms with van der Waals surface area (Å²) in [5.74, 6) is 11.4. The van der Waals surface area contributed by atoms with E-state index in [2.05, 4.69) is 22.3 Å². The monoisotopic (exact) mass is 203 g/mol. The number of hydrogen-bond donors (Lipinski definition) is 2. The first-order chi connectivity index (χ1) is 7.27. The predicted molar refractivity (Wildman–Crippen MR) is 61.7 cm³/mol. The van der Waals surface area contributed by atoms with Crippen LogP contribution >= 0.6 is 0 Å². The first-order valence-electron chi connectivity index (χ1n) is 5.07. The van der Waals surface area contributed by atoms with Gasteiger partial charge in [0.15, 0.2) is 0 Å². The van der Waals surface area contributed by atoms with Crippen molar-refractivity contribution in [2.45, 2.75) is 32.7 Å². The van der Waals surface area contributed by atoms with Crippen LogP contribution in [0.15, 0.2) is 18.2 Å². The van der Waals surface area contributed by atoms with Crippen LogP contribution in [0.2, 0.25) is 0 Å². The zero-order chi connectivity index (χ0) is 11.1. The lowest BCUT2D eigenvalue weighted by molar-refractivity contribution is 0.510. The summed E-state index contributed by atoms with van der Waals surface area (Å²) < 4.78 is 0. The Morgan fingerprint density at radius 2 is 2.33 bits per heavy atom. The van der Waals surface area contributed by atoms with Gasteiger partial charge in [-0.3, -0.25) is 16.3 Å². The summed E-state index contributed by atoms with van der Waals surface area (Å²) in [6.45, 7) is 3.82. The molecule has 0 aliphatic carbocycles. The Balaban J connectivity index is 2.68. The topological polar surface area (TPSA) is 50.9 Å². The fourth-order valence-corrected chi connectivity index (χ4v) is 1.42. The lowest BCUT2D eigenvalue weighted by Crippen LogP contribution is -2.28. The maximum atomic E-state index is 5.50. The molecule has 0 saturated carbocycles. The molecular weight excluding hydrogens is 186 g/mol. The minimum absolute atomic E-state index is 0.0887. The Bertz CT molecular complexity index is 363. The van der Waals surface area contributed by atoms with E-state index in [-0.39, 0.29) is 6.04 Å². The van der Waals surface area contributed by atoms with Crippen LogP contribution in [0.1, 0.15) is 37.2 Å². The van der Waals surface area contributed by atoms with Crippen molar-refractivity contribution in [1.82, 2.24) is 10.4 Å². The molecule has 0 spiro atoms. The van der Waals surface area contributed by atoms with Gasteiger partial charge < -0.3 is 0 Å². The second-order valence-electron chi connectivity index (χ2n) is 3.39. The maximum Gasteiger partial charge on any atom is 0.0641 e. The highest BCUT2D eigenvalue weighted by molar-refractivity contribution is 5.13. The van der Waals surface area contributed by atoms with Gasteiger partial charge in [0.1, 0.15) is 0 Å². The molecule has 3 nitrogen and oxygen atoms in total. The largest absolute Gasteiger partial charge is 0.271 e. The van der Waals surface area contributed by atoms with Crippen LogP contribution in [0.5, 0.6) is 0 Å². The van der Waals surface area contributed by atoms with E-state index in [0.29, 0.717) is 0 Å². The lowest BCUT2D eigenvalue weighted by atomic mass is 10.1. The number of rotatable bonds is 4. The number of pyridine rings is 1. The van der Waals surface area contributed by atoms with Crippen LogP contribution in [-0.4, -0.2) is 4.98 Å². The van der Waals surface area contributed by atoms with Gasteiger partial charge in [-0.15, -0.1) is 11.8 Å². The Morgan fingerprint density at radius 3 is 2.93 bits per heavy atom. The predicted octanol–water partition coefficient (Wildman–Crippen LogP) is 1.70. The molecule has 3 heteroatoms. The molecule has 1 aromatic heterocycles. The first kappa shape index (κ1) is 11.7. The molecule has 3 N–H and O–H groups in total.